The number of nitrogens with zero attached hydrogens (tertiary/aromatic N) is 4. The van der Waals surface area contributed by atoms with Gasteiger partial charge in [-0.15, -0.1) is 0 Å². The van der Waals surface area contributed by atoms with Crippen molar-refractivity contribution in [2.24, 2.45) is 0 Å². The lowest BCUT2D eigenvalue weighted by atomic mass is 10.2. The third-order valence-corrected chi connectivity index (χ3v) is 3.21. The quantitative estimate of drug-likeness (QED) is 0.719. The number of nitrogen functional groups attached to an aromatic ring is 1. The minimum absolute atomic E-state index is 0.251. The van der Waals surface area contributed by atoms with Crippen molar-refractivity contribution in [2.75, 3.05) is 43.9 Å². The van der Waals surface area contributed by atoms with Crippen molar-refractivity contribution >= 4 is 17.6 Å². The summed E-state index contributed by atoms with van der Waals surface area (Å²) in [5, 5.41) is 16.3. The molecule has 0 aromatic carbocycles. The summed E-state index contributed by atoms with van der Waals surface area (Å²) in [6, 6.07) is 2.04. The van der Waals surface area contributed by atoms with Crippen LogP contribution < -0.4 is 16.0 Å². The molecular formula is C12H18N6O2. The highest BCUT2D eigenvalue weighted by Gasteiger charge is 2.27. The Balaban J connectivity index is 2.37. The van der Waals surface area contributed by atoms with Crippen LogP contribution in [0.5, 0.6) is 0 Å². The van der Waals surface area contributed by atoms with Crippen molar-refractivity contribution in [2.45, 2.75) is 13.0 Å². The normalized spacial score (nSPS) is 14.9. The topological polar surface area (TPSA) is 109 Å². The Morgan fingerprint density at radius 1 is 1.55 bits per heavy atom. The molecule has 0 spiro atoms. The first-order valence-electron chi connectivity index (χ1n) is 6.46. The van der Waals surface area contributed by atoms with Crippen LogP contribution in [-0.2, 0) is 11.3 Å². The van der Waals surface area contributed by atoms with Gasteiger partial charge in [-0.1, -0.05) is 0 Å². The summed E-state index contributed by atoms with van der Waals surface area (Å²) < 4.78 is 6.28. The predicted molar refractivity (Wildman–Crippen MR) is 73.3 cm³/mol. The second-order valence-corrected chi connectivity index (χ2v) is 4.44. The number of nitrogens with two attached hydrogens (primary N) is 1. The van der Waals surface area contributed by atoms with Crippen LogP contribution in [-0.4, -0.2) is 49.0 Å². The number of carbonyl (C=O) groups is 1. The van der Waals surface area contributed by atoms with E-state index in [1.54, 1.807) is 0 Å². The molecule has 3 N–H and O–H groups in total. The van der Waals surface area contributed by atoms with E-state index < -0.39 is 5.97 Å². The Labute approximate surface area is 117 Å². The van der Waals surface area contributed by atoms with Crippen LogP contribution in [0.3, 0.4) is 0 Å². The van der Waals surface area contributed by atoms with E-state index in [4.69, 9.17) is 15.7 Å². The average Bonchev–Trinajstić information content (AvgIpc) is 2.82. The number of aromatic nitrogens is 2. The fourth-order valence-electron chi connectivity index (χ4n) is 2.18. The van der Waals surface area contributed by atoms with E-state index in [2.05, 4.69) is 10.4 Å². The maximum absolute atomic E-state index is 11.9. The van der Waals surface area contributed by atoms with E-state index in [1.807, 2.05) is 11.0 Å². The number of hydrogen-bond acceptors (Lipinski definition) is 7. The number of rotatable bonds is 4. The van der Waals surface area contributed by atoms with Crippen LogP contribution in [0.2, 0.25) is 0 Å². The number of nitriles is 1. The molecule has 8 heteroatoms. The molecule has 1 saturated heterocycles. The van der Waals surface area contributed by atoms with Crippen LogP contribution in [0, 0.1) is 11.3 Å². The molecule has 0 unspecified atom stereocenters. The molecule has 0 radical (unpaired) electrons. The molecule has 1 aromatic rings. The minimum Gasteiger partial charge on any atom is -0.465 e. The lowest BCUT2D eigenvalue weighted by Gasteiger charge is -2.27. The van der Waals surface area contributed by atoms with Gasteiger partial charge in [0.2, 0.25) is 0 Å². The summed E-state index contributed by atoms with van der Waals surface area (Å²) in [6.45, 7) is 3.51. The maximum atomic E-state index is 11.9. The molecule has 2 rings (SSSR count). The summed E-state index contributed by atoms with van der Waals surface area (Å²) in [5.41, 5.74) is 6.26. The van der Waals surface area contributed by atoms with Crippen LogP contribution in [0.4, 0.5) is 11.6 Å². The molecule has 1 aliphatic heterocycles. The number of hydrogen-bond donors (Lipinski definition) is 2. The van der Waals surface area contributed by atoms with Crippen LogP contribution in [0.15, 0.2) is 0 Å². The summed E-state index contributed by atoms with van der Waals surface area (Å²) in [7, 11) is 1.32. The number of piperazine rings is 1. The monoisotopic (exact) mass is 278 g/mol. The maximum Gasteiger partial charge on any atom is 0.345 e. The van der Waals surface area contributed by atoms with E-state index in [9.17, 15) is 4.79 Å². The van der Waals surface area contributed by atoms with Gasteiger partial charge in [0.25, 0.3) is 0 Å². The zero-order valence-electron chi connectivity index (χ0n) is 11.4. The molecule has 8 nitrogen and oxygen atoms in total. The first-order valence-corrected chi connectivity index (χ1v) is 6.46. The number of aryl methyl sites for hydroxylation is 1. The first kappa shape index (κ1) is 14.1. The van der Waals surface area contributed by atoms with Gasteiger partial charge < -0.3 is 20.7 Å². The van der Waals surface area contributed by atoms with Crippen molar-refractivity contribution in [3.63, 3.8) is 0 Å². The summed E-state index contributed by atoms with van der Waals surface area (Å²) in [4.78, 5) is 13.9. The first-order chi connectivity index (χ1) is 9.69. The summed E-state index contributed by atoms with van der Waals surface area (Å²) in [5.74, 6) is 0.286. The van der Waals surface area contributed by atoms with E-state index in [1.165, 1.54) is 11.8 Å². The van der Waals surface area contributed by atoms with Gasteiger partial charge in [-0.3, -0.25) is 0 Å². The van der Waals surface area contributed by atoms with Gasteiger partial charge in [0.15, 0.2) is 5.82 Å². The van der Waals surface area contributed by atoms with Crippen molar-refractivity contribution in [3.05, 3.63) is 5.56 Å². The third-order valence-electron chi connectivity index (χ3n) is 3.21. The Kier molecular flexibility index (Phi) is 4.42. The molecule has 1 fully saturated rings. The largest absolute Gasteiger partial charge is 0.465 e. The number of ether oxygens (including phenoxy) is 1. The third kappa shape index (κ3) is 2.67. The number of carbonyl (C=O) groups excluding carboxylic acids is 1. The standard InChI is InChI=1S/C12H18N6O2/c1-20-12(19)9-10(14)18(6-2-3-13)16-11(9)17-7-4-15-5-8-17/h15H,2,4-8,14H2,1H3. The SMILES string of the molecule is COC(=O)c1c(N2CCNCC2)nn(CCC#N)c1N. The highest BCUT2D eigenvalue weighted by atomic mass is 16.5. The van der Waals surface area contributed by atoms with Crippen molar-refractivity contribution in [1.82, 2.24) is 15.1 Å². The molecule has 0 bridgehead atoms. The van der Waals surface area contributed by atoms with Gasteiger partial charge in [0, 0.05) is 26.2 Å². The van der Waals surface area contributed by atoms with Gasteiger partial charge in [-0.2, -0.15) is 10.4 Å². The Bertz CT molecular complexity index is 527. The van der Waals surface area contributed by atoms with Crippen LogP contribution in [0.25, 0.3) is 0 Å². The Hall–Kier alpha value is -2.27. The molecule has 0 atom stereocenters. The number of esters is 1. The number of nitrogens with one attached hydrogen (secondary N) is 1. The summed E-state index contributed by atoms with van der Waals surface area (Å²) >= 11 is 0. The van der Waals surface area contributed by atoms with Gasteiger partial charge in [-0.05, 0) is 0 Å². The molecule has 0 amide bonds. The molecule has 1 aromatic heterocycles. The van der Waals surface area contributed by atoms with Crippen molar-refractivity contribution in [3.8, 4) is 6.07 Å². The number of methoxy groups -OCH3 is 1. The molecule has 0 saturated carbocycles. The molecular weight excluding hydrogens is 260 g/mol. The average molecular weight is 278 g/mol. The van der Waals surface area contributed by atoms with E-state index in [0.717, 1.165) is 26.2 Å². The smallest absolute Gasteiger partial charge is 0.345 e. The molecule has 2 heterocycles. The molecule has 1 aliphatic rings. The lowest BCUT2D eigenvalue weighted by molar-refractivity contribution is 0.0602. The minimum atomic E-state index is -0.501. The molecule has 108 valence electrons. The van der Waals surface area contributed by atoms with E-state index >= 15 is 0 Å². The van der Waals surface area contributed by atoms with Gasteiger partial charge in [0.1, 0.15) is 11.4 Å². The van der Waals surface area contributed by atoms with Crippen molar-refractivity contribution < 1.29 is 9.53 Å². The van der Waals surface area contributed by atoms with Gasteiger partial charge >= 0.3 is 5.97 Å². The fraction of sp³-hybridized carbons (Fsp3) is 0.583. The van der Waals surface area contributed by atoms with E-state index in [0.29, 0.717) is 12.4 Å². The zero-order valence-corrected chi connectivity index (χ0v) is 11.4. The molecule has 0 aliphatic carbocycles. The van der Waals surface area contributed by atoms with Crippen LogP contribution in [0.1, 0.15) is 16.8 Å². The summed E-state index contributed by atoms with van der Waals surface area (Å²) in [6.07, 6.45) is 0.285. The Morgan fingerprint density at radius 3 is 2.85 bits per heavy atom. The van der Waals surface area contributed by atoms with Crippen LogP contribution >= 0.6 is 0 Å². The van der Waals surface area contributed by atoms with Gasteiger partial charge in [0.05, 0.1) is 26.1 Å². The Morgan fingerprint density at radius 2 is 2.25 bits per heavy atom. The zero-order chi connectivity index (χ0) is 14.5. The second kappa shape index (κ2) is 6.25. The molecule has 20 heavy (non-hydrogen) atoms. The predicted octanol–water partition coefficient (Wildman–Crippen LogP) is -0.425. The number of anilines is 2. The fourth-order valence-corrected chi connectivity index (χ4v) is 2.18. The highest BCUT2D eigenvalue weighted by Crippen LogP contribution is 2.26. The highest BCUT2D eigenvalue weighted by molar-refractivity contribution is 5.99. The van der Waals surface area contributed by atoms with Crippen molar-refractivity contribution in [1.29, 1.82) is 5.26 Å². The van der Waals surface area contributed by atoms with E-state index in [-0.39, 0.29) is 17.8 Å². The van der Waals surface area contributed by atoms with Gasteiger partial charge in [-0.25, -0.2) is 9.48 Å². The lowest BCUT2D eigenvalue weighted by Crippen LogP contribution is -2.44. The second-order valence-electron chi connectivity index (χ2n) is 4.44.